The van der Waals surface area contributed by atoms with Gasteiger partial charge in [0.1, 0.15) is 12.3 Å². The molecule has 0 bridgehead atoms. The Morgan fingerprint density at radius 2 is 2.21 bits per heavy atom. The molecule has 3 heteroatoms. The van der Waals surface area contributed by atoms with Crippen LogP contribution in [0.25, 0.3) is 0 Å². The third-order valence-corrected chi connectivity index (χ3v) is 3.28. The van der Waals surface area contributed by atoms with Crippen molar-refractivity contribution in [1.82, 2.24) is 4.57 Å². The Balaban J connectivity index is 1.87. The summed E-state index contributed by atoms with van der Waals surface area (Å²) in [5.74, 6) is 0.769. The van der Waals surface area contributed by atoms with E-state index >= 15 is 0 Å². The van der Waals surface area contributed by atoms with Gasteiger partial charge in [0.2, 0.25) is 5.90 Å². The first-order valence-electron chi connectivity index (χ1n) is 6.64. The number of aryl methyl sites for hydroxylation is 1. The van der Waals surface area contributed by atoms with E-state index in [9.17, 15) is 0 Å². The predicted octanol–water partition coefficient (Wildman–Crippen LogP) is 3.01. The molecule has 0 aliphatic carbocycles. The molecule has 1 atom stereocenters. The lowest BCUT2D eigenvalue weighted by molar-refractivity contribution is 0.322. The van der Waals surface area contributed by atoms with Crippen molar-refractivity contribution in [1.29, 1.82) is 0 Å². The first kappa shape index (κ1) is 12.0. The van der Waals surface area contributed by atoms with Gasteiger partial charge in [-0.05, 0) is 31.5 Å². The van der Waals surface area contributed by atoms with Crippen LogP contribution in [0.15, 0.2) is 47.6 Å². The van der Waals surface area contributed by atoms with Crippen LogP contribution in [0.5, 0.6) is 0 Å². The zero-order chi connectivity index (χ0) is 13.2. The number of nitrogens with zero attached hydrogens (tertiary/aromatic N) is 2. The molecule has 1 aliphatic heterocycles. The number of ether oxygens (including phenoxy) is 1. The molecule has 2 aromatic rings. The monoisotopic (exact) mass is 254 g/mol. The van der Waals surface area contributed by atoms with Crippen LogP contribution in [0.2, 0.25) is 0 Å². The van der Waals surface area contributed by atoms with Crippen LogP contribution in [0, 0.1) is 6.92 Å². The largest absolute Gasteiger partial charge is 0.474 e. The van der Waals surface area contributed by atoms with Gasteiger partial charge in [0.25, 0.3) is 0 Å². The van der Waals surface area contributed by atoms with E-state index in [-0.39, 0.29) is 6.04 Å². The van der Waals surface area contributed by atoms with E-state index in [1.165, 1.54) is 11.1 Å². The minimum absolute atomic E-state index is 0.261. The number of benzene rings is 1. The lowest BCUT2D eigenvalue weighted by Gasteiger charge is -2.09. The second-order valence-electron chi connectivity index (χ2n) is 5.10. The van der Waals surface area contributed by atoms with E-state index in [1.807, 2.05) is 6.07 Å². The van der Waals surface area contributed by atoms with Crippen molar-refractivity contribution in [3.05, 3.63) is 59.4 Å². The molecule has 0 saturated carbocycles. The molecule has 3 rings (SSSR count). The van der Waals surface area contributed by atoms with Crippen molar-refractivity contribution in [2.75, 3.05) is 6.61 Å². The summed E-state index contributed by atoms with van der Waals surface area (Å²) >= 11 is 0. The van der Waals surface area contributed by atoms with Crippen molar-refractivity contribution in [3.8, 4) is 0 Å². The summed E-state index contributed by atoms with van der Waals surface area (Å²) < 4.78 is 7.83. The summed E-state index contributed by atoms with van der Waals surface area (Å²) in [5.41, 5.74) is 3.64. The predicted molar refractivity (Wildman–Crippen MR) is 76.7 cm³/mol. The van der Waals surface area contributed by atoms with E-state index < -0.39 is 0 Å². The topological polar surface area (TPSA) is 26.5 Å². The molecular weight excluding hydrogens is 236 g/mol. The standard InChI is InChI=1S/C16H18N2O/c1-12-5-3-6-14(9-12)10-18-8-4-7-15(18)16-17-13(2)11-19-16/h3-9,13H,10-11H2,1-2H3/t13-/m1/s1. The number of hydrogen-bond acceptors (Lipinski definition) is 2. The maximum atomic E-state index is 5.64. The molecule has 2 heterocycles. The Labute approximate surface area is 113 Å². The summed E-state index contributed by atoms with van der Waals surface area (Å²) in [6.07, 6.45) is 2.08. The Morgan fingerprint density at radius 1 is 1.32 bits per heavy atom. The highest BCUT2D eigenvalue weighted by molar-refractivity contribution is 5.93. The van der Waals surface area contributed by atoms with Gasteiger partial charge in [-0.1, -0.05) is 29.8 Å². The second-order valence-corrected chi connectivity index (χ2v) is 5.10. The molecule has 0 fully saturated rings. The first-order chi connectivity index (χ1) is 9.22. The van der Waals surface area contributed by atoms with Crippen LogP contribution in [0.3, 0.4) is 0 Å². The SMILES string of the molecule is Cc1cccc(Cn2cccc2C2=N[C@H](C)CO2)c1. The molecule has 19 heavy (non-hydrogen) atoms. The highest BCUT2D eigenvalue weighted by Gasteiger charge is 2.18. The van der Waals surface area contributed by atoms with E-state index in [4.69, 9.17) is 4.74 Å². The molecule has 1 aromatic heterocycles. The number of rotatable bonds is 3. The van der Waals surface area contributed by atoms with Crippen LogP contribution in [0.1, 0.15) is 23.7 Å². The molecule has 98 valence electrons. The van der Waals surface area contributed by atoms with Gasteiger partial charge in [0.15, 0.2) is 0 Å². The average molecular weight is 254 g/mol. The fourth-order valence-electron chi connectivity index (χ4n) is 2.37. The van der Waals surface area contributed by atoms with E-state index in [0.717, 1.165) is 18.1 Å². The van der Waals surface area contributed by atoms with E-state index in [0.29, 0.717) is 6.61 Å². The van der Waals surface area contributed by atoms with Crippen molar-refractivity contribution < 1.29 is 4.74 Å². The fraction of sp³-hybridized carbons (Fsp3) is 0.312. The minimum Gasteiger partial charge on any atom is -0.474 e. The molecule has 1 aromatic carbocycles. The summed E-state index contributed by atoms with van der Waals surface area (Å²) in [6.45, 7) is 5.72. The fourth-order valence-corrected chi connectivity index (χ4v) is 2.37. The highest BCUT2D eigenvalue weighted by Crippen LogP contribution is 2.15. The molecule has 3 nitrogen and oxygen atoms in total. The lowest BCUT2D eigenvalue weighted by atomic mass is 10.1. The molecule has 0 N–H and O–H groups in total. The van der Waals surface area contributed by atoms with E-state index in [1.54, 1.807) is 0 Å². The molecule has 1 aliphatic rings. The van der Waals surface area contributed by atoms with Gasteiger partial charge < -0.3 is 9.30 Å². The molecule has 0 amide bonds. The number of hydrogen-bond donors (Lipinski definition) is 0. The van der Waals surface area contributed by atoms with Crippen LogP contribution in [0.4, 0.5) is 0 Å². The molecule has 0 radical (unpaired) electrons. The zero-order valence-electron chi connectivity index (χ0n) is 11.3. The highest BCUT2D eigenvalue weighted by atomic mass is 16.5. The summed E-state index contributed by atoms with van der Waals surface area (Å²) in [5, 5.41) is 0. The van der Waals surface area contributed by atoms with Crippen LogP contribution >= 0.6 is 0 Å². The van der Waals surface area contributed by atoms with E-state index in [2.05, 4.69) is 59.9 Å². The van der Waals surface area contributed by atoms with Crippen molar-refractivity contribution in [2.24, 2.45) is 4.99 Å². The van der Waals surface area contributed by atoms with Crippen LogP contribution in [-0.2, 0) is 11.3 Å². The average Bonchev–Trinajstić information content (AvgIpc) is 2.98. The van der Waals surface area contributed by atoms with Crippen LogP contribution < -0.4 is 0 Å². The van der Waals surface area contributed by atoms with Gasteiger partial charge in [-0.3, -0.25) is 0 Å². The third kappa shape index (κ3) is 2.55. The minimum atomic E-state index is 0.261. The Bertz CT molecular complexity index is 613. The third-order valence-electron chi connectivity index (χ3n) is 3.28. The van der Waals surface area contributed by atoms with Gasteiger partial charge in [0, 0.05) is 12.7 Å². The zero-order valence-corrected chi connectivity index (χ0v) is 11.3. The Kier molecular flexibility index (Phi) is 3.11. The molecule has 0 spiro atoms. The summed E-state index contributed by atoms with van der Waals surface area (Å²) in [4.78, 5) is 4.52. The maximum Gasteiger partial charge on any atom is 0.233 e. The Morgan fingerprint density at radius 3 is 2.95 bits per heavy atom. The summed E-state index contributed by atoms with van der Waals surface area (Å²) in [7, 11) is 0. The van der Waals surface area contributed by atoms with Crippen molar-refractivity contribution in [3.63, 3.8) is 0 Å². The number of aromatic nitrogens is 1. The Hall–Kier alpha value is -2.03. The van der Waals surface area contributed by atoms with Gasteiger partial charge in [-0.15, -0.1) is 0 Å². The maximum absolute atomic E-state index is 5.64. The van der Waals surface area contributed by atoms with Gasteiger partial charge >= 0.3 is 0 Å². The molecular formula is C16H18N2O. The molecule has 0 saturated heterocycles. The normalized spacial score (nSPS) is 18.2. The van der Waals surface area contributed by atoms with Gasteiger partial charge in [-0.2, -0.15) is 0 Å². The van der Waals surface area contributed by atoms with Gasteiger partial charge in [0.05, 0.1) is 6.04 Å². The quantitative estimate of drug-likeness (QED) is 0.827. The lowest BCUT2D eigenvalue weighted by Crippen LogP contribution is -2.10. The summed E-state index contributed by atoms with van der Waals surface area (Å²) in [6, 6.07) is 12.9. The second kappa shape index (κ2) is 4.92. The van der Waals surface area contributed by atoms with Crippen molar-refractivity contribution >= 4 is 5.90 Å². The smallest absolute Gasteiger partial charge is 0.233 e. The number of aliphatic imine (C=N–C) groups is 1. The molecule has 0 unspecified atom stereocenters. The van der Waals surface area contributed by atoms with Crippen molar-refractivity contribution in [2.45, 2.75) is 26.4 Å². The van der Waals surface area contributed by atoms with Gasteiger partial charge in [-0.25, -0.2) is 4.99 Å². The first-order valence-corrected chi connectivity index (χ1v) is 6.64. The van der Waals surface area contributed by atoms with Crippen LogP contribution in [-0.4, -0.2) is 23.1 Å².